The van der Waals surface area contributed by atoms with E-state index >= 15 is 0 Å². The number of aliphatic hydroxyl groups excluding tert-OH is 4. The van der Waals surface area contributed by atoms with Gasteiger partial charge in [0, 0.05) is 0 Å². The van der Waals surface area contributed by atoms with Crippen molar-refractivity contribution < 1.29 is 44.9 Å². The Balaban J connectivity index is 1.38. The normalized spacial score (nSPS) is 46.8. The summed E-state index contributed by atoms with van der Waals surface area (Å²) in [6.45, 7) is 2.07. The van der Waals surface area contributed by atoms with Gasteiger partial charge in [0.1, 0.15) is 24.1 Å². The molecule has 0 spiro atoms. The Morgan fingerprint density at radius 1 is 1.12 bits per heavy atom. The number of hydrogen-bond donors (Lipinski definition) is 6. The van der Waals surface area contributed by atoms with Crippen molar-refractivity contribution in [3.05, 3.63) is 29.3 Å². The highest BCUT2D eigenvalue weighted by atomic mass is 16.7. The first-order valence-electron chi connectivity index (χ1n) is 11.7. The number of fused-ring (bicyclic) bond motifs is 5. The van der Waals surface area contributed by atoms with E-state index in [-0.39, 0.29) is 11.7 Å². The van der Waals surface area contributed by atoms with E-state index in [2.05, 4.69) is 6.92 Å². The van der Waals surface area contributed by atoms with Crippen molar-refractivity contribution in [2.45, 2.75) is 87.9 Å². The maximum atomic E-state index is 11.4. The lowest BCUT2D eigenvalue weighted by atomic mass is 9.55. The molecule has 6 N–H and O–H groups in total. The monoisotopic (exact) mass is 464 g/mol. The minimum Gasteiger partial charge on any atom is -0.508 e. The van der Waals surface area contributed by atoms with Crippen molar-refractivity contribution in [1.29, 1.82) is 0 Å². The first-order valence-corrected chi connectivity index (χ1v) is 11.7. The van der Waals surface area contributed by atoms with Crippen LogP contribution >= 0.6 is 0 Å². The Hall–Kier alpha value is -1.75. The number of carboxylic acid groups (broad SMARTS) is 1. The van der Waals surface area contributed by atoms with Gasteiger partial charge in [-0.15, -0.1) is 0 Å². The van der Waals surface area contributed by atoms with Gasteiger partial charge < -0.3 is 40.1 Å². The number of ether oxygens (including phenoxy) is 2. The summed E-state index contributed by atoms with van der Waals surface area (Å²) in [5.41, 5.74) is 2.02. The predicted octanol–water partition coefficient (Wildman–Crippen LogP) is 0.496. The number of aliphatic carboxylic acids is 1. The number of carbonyl (C=O) groups is 1. The molecule has 9 heteroatoms. The van der Waals surface area contributed by atoms with E-state index in [0.717, 1.165) is 25.7 Å². The van der Waals surface area contributed by atoms with Crippen molar-refractivity contribution in [3.8, 4) is 5.75 Å². The van der Waals surface area contributed by atoms with E-state index in [0.29, 0.717) is 18.3 Å². The molecule has 33 heavy (non-hydrogen) atoms. The number of carboxylic acids is 1. The Morgan fingerprint density at radius 2 is 1.88 bits per heavy atom. The van der Waals surface area contributed by atoms with Crippen LogP contribution in [0.25, 0.3) is 0 Å². The van der Waals surface area contributed by atoms with Crippen molar-refractivity contribution >= 4 is 5.97 Å². The molecular weight excluding hydrogens is 432 g/mol. The van der Waals surface area contributed by atoms with Crippen LogP contribution < -0.4 is 0 Å². The lowest BCUT2D eigenvalue weighted by Gasteiger charge is -2.51. The summed E-state index contributed by atoms with van der Waals surface area (Å²) in [6, 6.07) is 5.58. The molecule has 0 bridgehead atoms. The van der Waals surface area contributed by atoms with Crippen LogP contribution in [0.2, 0.25) is 0 Å². The second-order valence-electron chi connectivity index (χ2n) is 10.4. The topological polar surface area (TPSA) is 157 Å². The van der Waals surface area contributed by atoms with Crippen LogP contribution in [0.15, 0.2) is 18.2 Å². The zero-order valence-corrected chi connectivity index (χ0v) is 18.4. The third-order valence-corrected chi connectivity index (χ3v) is 8.74. The fourth-order valence-corrected chi connectivity index (χ4v) is 7.09. The maximum Gasteiger partial charge on any atom is 0.335 e. The Morgan fingerprint density at radius 3 is 2.61 bits per heavy atom. The quantitative estimate of drug-likeness (QED) is 0.375. The highest BCUT2D eigenvalue weighted by Gasteiger charge is 2.60. The number of rotatable bonds is 3. The SMILES string of the molecule is C[C@]12CCC3c4ccc(O)cc4CCC3C1CC(O)C2OC1OC(C(=O)O)C(O)C(O)C1O. The number of phenols is 1. The van der Waals surface area contributed by atoms with Crippen LogP contribution in [0.5, 0.6) is 5.75 Å². The lowest BCUT2D eigenvalue weighted by Crippen LogP contribution is -2.61. The molecule has 3 aliphatic carbocycles. The van der Waals surface area contributed by atoms with E-state index in [1.807, 2.05) is 12.1 Å². The molecule has 11 atom stereocenters. The van der Waals surface area contributed by atoms with Gasteiger partial charge in [-0.05, 0) is 78.5 Å². The minimum atomic E-state index is -1.79. The van der Waals surface area contributed by atoms with Gasteiger partial charge >= 0.3 is 5.97 Å². The van der Waals surface area contributed by atoms with Crippen LogP contribution in [0, 0.1) is 17.3 Å². The smallest absolute Gasteiger partial charge is 0.335 e. The molecule has 182 valence electrons. The third-order valence-electron chi connectivity index (χ3n) is 8.74. The molecule has 1 aliphatic heterocycles. The molecule has 4 aliphatic rings. The number of aliphatic hydroxyl groups is 4. The molecule has 1 aromatic rings. The first kappa shape index (κ1) is 23.0. The van der Waals surface area contributed by atoms with E-state index in [1.165, 1.54) is 11.1 Å². The van der Waals surface area contributed by atoms with Gasteiger partial charge in [-0.25, -0.2) is 4.79 Å². The second-order valence-corrected chi connectivity index (χ2v) is 10.4. The maximum absolute atomic E-state index is 11.4. The van der Waals surface area contributed by atoms with Crippen LogP contribution in [-0.4, -0.2) is 79.5 Å². The fraction of sp³-hybridized carbons (Fsp3) is 0.708. The Kier molecular flexibility index (Phi) is 5.70. The molecule has 5 rings (SSSR count). The Bertz CT molecular complexity index is 921. The summed E-state index contributed by atoms with van der Waals surface area (Å²) in [4.78, 5) is 11.4. The second kappa shape index (κ2) is 8.18. The zero-order chi connectivity index (χ0) is 23.7. The number of phenolic OH excluding ortho intramolecular Hbond substituents is 1. The summed E-state index contributed by atoms with van der Waals surface area (Å²) < 4.78 is 11.3. The number of hydrogen-bond acceptors (Lipinski definition) is 8. The molecule has 9 nitrogen and oxygen atoms in total. The predicted molar refractivity (Wildman–Crippen MR) is 113 cm³/mol. The van der Waals surface area contributed by atoms with E-state index in [4.69, 9.17) is 9.47 Å². The molecule has 0 amide bonds. The highest BCUT2D eigenvalue weighted by Crippen LogP contribution is 2.62. The molecule has 1 heterocycles. The van der Waals surface area contributed by atoms with Crippen molar-refractivity contribution in [2.24, 2.45) is 17.3 Å². The summed E-state index contributed by atoms with van der Waals surface area (Å²) in [6.07, 6.45) is -5.97. The molecular formula is C24H32O9. The van der Waals surface area contributed by atoms with Crippen molar-refractivity contribution in [3.63, 3.8) is 0 Å². The average molecular weight is 465 g/mol. The third kappa shape index (κ3) is 3.57. The molecule has 2 saturated carbocycles. The van der Waals surface area contributed by atoms with Gasteiger partial charge in [-0.3, -0.25) is 0 Å². The highest BCUT2D eigenvalue weighted by molar-refractivity contribution is 5.73. The van der Waals surface area contributed by atoms with Crippen molar-refractivity contribution in [1.82, 2.24) is 0 Å². The van der Waals surface area contributed by atoms with Crippen molar-refractivity contribution in [2.75, 3.05) is 0 Å². The summed E-state index contributed by atoms with van der Waals surface area (Å²) >= 11 is 0. The van der Waals surface area contributed by atoms with Gasteiger partial charge in [-0.1, -0.05) is 13.0 Å². The lowest BCUT2D eigenvalue weighted by molar-refractivity contribution is -0.317. The minimum absolute atomic E-state index is 0.157. The van der Waals surface area contributed by atoms with Crippen LogP contribution in [-0.2, 0) is 20.7 Å². The fourth-order valence-electron chi connectivity index (χ4n) is 7.09. The molecule has 1 saturated heterocycles. The molecule has 10 unspecified atom stereocenters. The first-order chi connectivity index (χ1) is 15.6. The van der Waals surface area contributed by atoms with Gasteiger partial charge in [0.05, 0.1) is 12.2 Å². The molecule has 3 fully saturated rings. The van der Waals surface area contributed by atoms with E-state index < -0.39 is 54.3 Å². The zero-order valence-electron chi connectivity index (χ0n) is 18.4. The largest absolute Gasteiger partial charge is 0.508 e. The van der Waals surface area contributed by atoms with Gasteiger partial charge in [0.25, 0.3) is 0 Å². The van der Waals surface area contributed by atoms with Crippen LogP contribution in [0.4, 0.5) is 0 Å². The summed E-state index contributed by atoms with van der Waals surface area (Å²) in [5.74, 6) is -0.366. The van der Waals surface area contributed by atoms with Gasteiger partial charge in [0.15, 0.2) is 12.4 Å². The van der Waals surface area contributed by atoms with Crippen LogP contribution in [0.1, 0.15) is 49.7 Å². The Labute approximate surface area is 191 Å². The standard InChI is InChI=1S/C24H32O9/c1-24-7-6-13-12-5-3-11(25)8-10(12)2-4-14(13)15(24)9-16(26)21(24)33-23-19(29)17(27)18(28)20(32-23)22(30)31/h3,5,8,13-21,23,25-29H,2,4,6-7,9H2,1H3,(H,30,31)/t13?,14?,15?,16?,17?,18?,19?,20?,21?,23?,24-/m0/s1. The molecule has 0 radical (unpaired) electrons. The van der Waals surface area contributed by atoms with E-state index in [1.54, 1.807) is 6.07 Å². The van der Waals surface area contributed by atoms with Gasteiger partial charge in [-0.2, -0.15) is 0 Å². The number of aryl methyl sites for hydroxylation is 1. The molecule has 1 aromatic carbocycles. The summed E-state index contributed by atoms with van der Waals surface area (Å²) in [5, 5.41) is 60.6. The van der Waals surface area contributed by atoms with Gasteiger partial charge in [0.2, 0.25) is 0 Å². The van der Waals surface area contributed by atoms with E-state index in [9.17, 15) is 35.4 Å². The van der Waals surface area contributed by atoms with Crippen LogP contribution in [0.3, 0.4) is 0 Å². The number of benzene rings is 1. The average Bonchev–Trinajstić information content (AvgIpc) is 3.03. The number of aromatic hydroxyl groups is 1. The molecule has 0 aromatic heterocycles. The summed E-state index contributed by atoms with van der Waals surface area (Å²) in [7, 11) is 0.